The Morgan fingerprint density at radius 1 is 1.45 bits per heavy atom. The highest BCUT2D eigenvalue weighted by Gasteiger charge is 2.15. The molecule has 1 unspecified atom stereocenters. The molecule has 5 heteroatoms. The van der Waals surface area contributed by atoms with E-state index in [4.69, 9.17) is 22.1 Å². The number of carbonyl (C=O) groups excluding carboxylic acids is 1. The van der Waals surface area contributed by atoms with E-state index in [2.05, 4.69) is 26.1 Å². The number of benzene rings is 1. The standard InChI is InChI=1S/C15H23ClN2O2/c1-10(14(17)19)9-20-13-7-5-6-12(16)11(13)8-18-15(2,3)4/h5-7,10,18H,8-9H2,1-4H3,(H2,17,19). The number of carbonyl (C=O) groups is 1. The van der Waals surface area contributed by atoms with Crippen molar-refractivity contribution in [3.8, 4) is 5.75 Å². The van der Waals surface area contributed by atoms with Crippen LogP contribution >= 0.6 is 11.6 Å². The van der Waals surface area contributed by atoms with E-state index >= 15 is 0 Å². The molecule has 0 heterocycles. The molecule has 4 nitrogen and oxygen atoms in total. The predicted octanol–water partition coefficient (Wildman–Crippen LogP) is 2.73. The number of rotatable bonds is 6. The molecule has 0 saturated carbocycles. The van der Waals surface area contributed by atoms with E-state index in [1.54, 1.807) is 6.92 Å². The van der Waals surface area contributed by atoms with Gasteiger partial charge >= 0.3 is 0 Å². The third-order valence-corrected chi connectivity index (χ3v) is 3.20. The first-order valence-electron chi connectivity index (χ1n) is 6.65. The van der Waals surface area contributed by atoms with Crippen LogP contribution < -0.4 is 15.8 Å². The summed E-state index contributed by atoms with van der Waals surface area (Å²) in [6.45, 7) is 8.83. The maximum Gasteiger partial charge on any atom is 0.223 e. The lowest BCUT2D eigenvalue weighted by Crippen LogP contribution is -2.35. The molecule has 0 spiro atoms. The number of ether oxygens (including phenoxy) is 1. The van der Waals surface area contributed by atoms with Crippen molar-refractivity contribution in [1.82, 2.24) is 5.32 Å². The number of hydrogen-bond donors (Lipinski definition) is 2. The van der Waals surface area contributed by atoms with Crippen molar-refractivity contribution >= 4 is 17.5 Å². The van der Waals surface area contributed by atoms with Gasteiger partial charge in [0.15, 0.2) is 0 Å². The van der Waals surface area contributed by atoms with Crippen LogP contribution in [0.2, 0.25) is 5.02 Å². The highest BCUT2D eigenvalue weighted by atomic mass is 35.5. The molecular formula is C15H23ClN2O2. The second-order valence-corrected chi connectivity index (χ2v) is 6.34. The van der Waals surface area contributed by atoms with Gasteiger partial charge in [0.25, 0.3) is 0 Å². The van der Waals surface area contributed by atoms with Crippen LogP contribution in [0.5, 0.6) is 5.75 Å². The van der Waals surface area contributed by atoms with E-state index in [0.717, 1.165) is 5.56 Å². The largest absolute Gasteiger partial charge is 0.492 e. The average Bonchev–Trinajstić information content (AvgIpc) is 2.33. The molecule has 0 aliphatic rings. The first-order valence-corrected chi connectivity index (χ1v) is 7.03. The Hall–Kier alpha value is -1.26. The van der Waals surface area contributed by atoms with Crippen molar-refractivity contribution in [3.63, 3.8) is 0 Å². The SMILES string of the molecule is CC(COc1cccc(Cl)c1CNC(C)(C)C)C(N)=O. The van der Waals surface area contributed by atoms with Crippen molar-refractivity contribution in [3.05, 3.63) is 28.8 Å². The van der Waals surface area contributed by atoms with Crippen molar-refractivity contribution in [2.24, 2.45) is 11.7 Å². The first-order chi connectivity index (χ1) is 9.20. The zero-order valence-electron chi connectivity index (χ0n) is 12.5. The molecule has 1 rings (SSSR count). The number of amides is 1. The van der Waals surface area contributed by atoms with E-state index in [9.17, 15) is 4.79 Å². The average molecular weight is 299 g/mol. The van der Waals surface area contributed by atoms with Crippen LogP contribution in [-0.2, 0) is 11.3 Å². The molecule has 3 N–H and O–H groups in total. The van der Waals surface area contributed by atoms with E-state index in [1.807, 2.05) is 18.2 Å². The Morgan fingerprint density at radius 3 is 2.65 bits per heavy atom. The summed E-state index contributed by atoms with van der Waals surface area (Å²) in [6.07, 6.45) is 0. The van der Waals surface area contributed by atoms with Crippen molar-refractivity contribution in [2.45, 2.75) is 39.8 Å². The van der Waals surface area contributed by atoms with Gasteiger partial charge in [-0.05, 0) is 32.9 Å². The number of halogens is 1. The number of nitrogens with two attached hydrogens (primary N) is 1. The zero-order valence-corrected chi connectivity index (χ0v) is 13.3. The fraction of sp³-hybridized carbons (Fsp3) is 0.533. The minimum atomic E-state index is -0.374. The molecule has 1 atom stereocenters. The molecule has 0 aliphatic heterocycles. The number of hydrogen-bond acceptors (Lipinski definition) is 3. The topological polar surface area (TPSA) is 64.3 Å². The van der Waals surface area contributed by atoms with Crippen LogP contribution in [0, 0.1) is 5.92 Å². The first kappa shape index (κ1) is 16.8. The molecule has 0 bridgehead atoms. The van der Waals surface area contributed by atoms with Crippen molar-refractivity contribution in [2.75, 3.05) is 6.61 Å². The quantitative estimate of drug-likeness (QED) is 0.849. The van der Waals surface area contributed by atoms with Gasteiger partial charge in [-0.1, -0.05) is 24.6 Å². The second kappa shape index (κ2) is 6.95. The summed E-state index contributed by atoms with van der Waals surface area (Å²) in [7, 11) is 0. The summed E-state index contributed by atoms with van der Waals surface area (Å²) < 4.78 is 5.68. The van der Waals surface area contributed by atoms with Gasteiger partial charge in [-0.2, -0.15) is 0 Å². The van der Waals surface area contributed by atoms with Gasteiger partial charge in [0.1, 0.15) is 5.75 Å². The van der Waals surface area contributed by atoms with E-state index in [-0.39, 0.29) is 24.0 Å². The third kappa shape index (κ3) is 5.39. The smallest absolute Gasteiger partial charge is 0.223 e. The van der Waals surface area contributed by atoms with Crippen LogP contribution in [0.1, 0.15) is 33.3 Å². The zero-order chi connectivity index (χ0) is 15.3. The van der Waals surface area contributed by atoms with Crippen LogP contribution in [0.3, 0.4) is 0 Å². The summed E-state index contributed by atoms with van der Waals surface area (Å²) >= 11 is 6.22. The third-order valence-electron chi connectivity index (χ3n) is 2.85. The van der Waals surface area contributed by atoms with Crippen molar-refractivity contribution < 1.29 is 9.53 Å². The Kier molecular flexibility index (Phi) is 5.84. The molecule has 0 radical (unpaired) electrons. The second-order valence-electron chi connectivity index (χ2n) is 5.93. The maximum absolute atomic E-state index is 11.0. The summed E-state index contributed by atoms with van der Waals surface area (Å²) in [4.78, 5) is 11.0. The highest BCUT2D eigenvalue weighted by Crippen LogP contribution is 2.27. The molecule has 0 aliphatic carbocycles. The lowest BCUT2D eigenvalue weighted by atomic mass is 10.1. The van der Waals surface area contributed by atoms with E-state index < -0.39 is 0 Å². The van der Waals surface area contributed by atoms with E-state index in [0.29, 0.717) is 17.3 Å². The number of primary amides is 1. The van der Waals surface area contributed by atoms with Gasteiger partial charge in [-0.25, -0.2) is 0 Å². The summed E-state index contributed by atoms with van der Waals surface area (Å²) in [5.41, 5.74) is 6.10. The lowest BCUT2D eigenvalue weighted by molar-refractivity contribution is -0.122. The monoisotopic (exact) mass is 298 g/mol. The van der Waals surface area contributed by atoms with Gasteiger partial charge in [0.05, 0.1) is 12.5 Å². The van der Waals surface area contributed by atoms with Gasteiger partial charge in [-0.3, -0.25) is 4.79 Å². The van der Waals surface area contributed by atoms with Crippen molar-refractivity contribution in [1.29, 1.82) is 0 Å². The molecule has 1 amide bonds. The molecule has 20 heavy (non-hydrogen) atoms. The van der Waals surface area contributed by atoms with Crippen LogP contribution in [-0.4, -0.2) is 18.1 Å². The van der Waals surface area contributed by atoms with Gasteiger partial charge < -0.3 is 15.8 Å². The Labute approximate surface area is 125 Å². The predicted molar refractivity (Wildman–Crippen MR) is 81.9 cm³/mol. The molecular weight excluding hydrogens is 276 g/mol. The lowest BCUT2D eigenvalue weighted by Gasteiger charge is -2.22. The maximum atomic E-state index is 11.0. The Balaban J connectivity index is 2.80. The summed E-state index contributed by atoms with van der Waals surface area (Å²) in [6, 6.07) is 5.50. The van der Waals surface area contributed by atoms with Gasteiger partial charge in [-0.15, -0.1) is 0 Å². The minimum Gasteiger partial charge on any atom is -0.492 e. The molecule has 1 aromatic rings. The fourth-order valence-electron chi connectivity index (χ4n) is 1.50. The number of nitrogens with one attached hydrogen (secondary N) is 1. The fourth-order valence-corrected chi connectivity index (χ4v) is 1.73. The molecule has 0 saturated heterocycles. The molecule has 0 aromatic heterocycles. The Bertz CT molecular complexity index is 469. The molecule has 0 fully saturated rings. The normalized spacial score (nSPS) is 13.1. The minimum absolute atomic E-state index is 0.0169. The van der Waals surface area contributed by atoms with Crippen LogP contribution in [0.4, 0.5) is 0 Å². The highest BCUT2D eigenvalue weighted by molar-refractivity contribution is 6.31. The molecule has 112 valence electrons. The molecule has 1 aromatic carbocycles. The summed E-state index contributed by atoms with van der Waals surface area (Å²) in [5.74, 6) is -0.0267. The van der Waals surface area contributed by atoms with Gasteiger partial charge in [0, 0.05) is 22.7 Å². The van der Waals surface area contributed by atoms with Crippen LogP contribution in [0.15, 0.2) is 18.2 Å². The van der Waals surface area contributed by atoms with Gasteiger partial charge in [0.2, 0.25) is 5.91 Å². The van der Waals surface area contributed by atoms with Crippen LogP contribution in [0.25, 0.3) is 0 Å². The Morgan fingerprint density at radius 2 is 2.10 bits per heavy atom. The summed E-state index contributed by atoms with van der Waals surface area (Å²) in [5, 5.41) is 4.02. The van der Waals surface area contributed by atoms with E-state index in [1.165, 1.54) is 0 Å².